The zero-order chi connectivity index (χ0) is 32.3. The minimum atomic E-state index is -3.69. The average molecular weight is 597 g/mol. The molecule has 1 saturated carbocycles. The molecule has 8 nitrogen and oxygen atoms in total. The van der Waals surface area contributed by atoms with Gasteiger partial charge in [-0.1, -0.05) is 35.5 Å². The molecule has 1 aliphatic rings. The standard InChI is InChI=1S/C31H33F2N5O3S/c1-5-41-26-17-23(42(4,39)40)16-24-27(26)28-25(15-22(18-34-28)29-19(2)35-36-37(29)3)38(24)30(20-9-7-6-8-10-20)21-11-13-31(32,33)14-12-21/h6-10,15-18,21,30H,5,11-14H2,1-4H3/t30-/m1/s1/i2D3. The smallest absolute Gasteiger partial charge is 0.248 e. The van der Waals surface area contributed by atoms with Crippen molar-refractivity contribution in [3.63, 3.8) is 0 Å². The topological polar surface area (TPSA) is 91.9 Å². The van der Waals surface area contributed by atoms with Gasteiger partial charge >= 0.3 is 0 Å². The number of aryl methyl sites for hydroxylation is 2. The van der Waals surface area contributed by atoms with Crippen LogP contribution in [0.5, 0.6) is 5.75 Å². The Morgan fingerprint density at radius 3 is 2.55 bits per heavy atom. The molecular weight excluding hydrogens is 560 g/mol. The molecule has 3 aromatic heterocycles. The van der Waals surface area contributed by atoms with Crippen LogP contribution < -0.4 is 4.74 Å². The van der Waals surface area contributed by atoms with E-state index < -0.39 is 28.7 Å². The molecule has 5 aromatic rings. The van der Waals surface area contributed by atoms with Gasteiger partial charge in [0.1, 0.15) is 5.75 Å². The van der Waals surface area contributed by atoms with Crippen LogP contribution in [-0.2, 0) is 16.9 Å². The zero-order valence-electron chi connectivity index (χ0n) is 26.5. The third-order valence-electron chi connectivity index (χ3n) is 8.13. The van der Waals surface area contributed by atoms with Gasteiger partial charge in [-0.15, -0.1) is 5.10 Å². The highest BCUT2D eigenvalue weighted by atomic mass is 32.2. The second-order valence-electron chi connectivity index (χ2n) is 10.9. The van der Waals surface area contributed by atoms with Crippen LogP contribution in [0.3, 0.4) is 0 Å². The lowest BCUT2D eigenvalue weighted by Crippen LogP contribution is -2.30. The minimum absolute atomic E-state index is 0.0465. The number of benzene rings is 2. The number of nitrogens with zero attached hydrogens (tertiary/aromatic N) is 5. The highest BCUT2D eigenvalue weighted by Gasteiger charge is 2.40. The first-order valence-electron chi connectivity index (χ1n) is 15.3. The molecule has 1 aliphatic carbocycles. The molecule has 0 aliphatic heterocycles. The van der Waals surface area contributed by atoms with E-state index in [1.54, 1.807) is 32.3 Å². The fourth-order valence-corrected chi connectivity index (χ4v) is 6.86. The van der Waals surface area contributed by atoms with E-state index in [0.29, 0.717) is 33.2 Å². The van der Waals surface area contributed by atoms with Crippen molar-refractivity contribution in [2.24, 2.45) is 13.0 Å². The molecule has 2 aromatic carbocycles. The fourth-order valence-electron chi connectivity index (χ4n) is 6.22. The van der Waals surface area contributed by atoms with Gasteiger partial charge in [-0.2, -0.15) is 0 Å². The Morgan fingerprint density at radius 1 is 1.14 bits per heavy atom. The van der Waals surface area contributed by atoms with Crippen molar-refractivity contribution < 1.29 is 26.0 Å². The van der Waals surface area contributed by atoms with Gasteiger partial charge in [0.2, 0.25) is 5.92 Å². The molecule has 0 bridgehead atoms. The molecule has 3 heterocycles. The summed E-state index contributed by atoms with van der Waals surface area (Å²) in [7, 11) is -2.09. The Hall–Kier alpha value is -3.86. The van der Waals surface area contributed by atoms with Crippen molar-refractivity contribution in [3.8, 4) is 17.0 Å². The van der Waals surface area contributed by atoms with Gasteiger partial charge in [-0.3, -0.25) is 4.98 Å². The molecule has 11 heteroatoms. The highest BCUT2D eigenvalue weighted by Crippen LogP contribution is 2.47. The Labute approximate surface area is 247 Å². The van der Waals surface area contributed by atoms with Crippen molar-refractivity contribution >= 4 is 31.8 Å². The number of hydrogen-bond donors (Lipinski definition) is 0. The lowest BCUT2D eigenvalue weighted by atomic mass is 9.79. The van der Waals surface area contributed by atoms with E-state index in [-0.39, 0.29) is 54.5 Å². The number of halogens is 2. The second kappa shape index (κ2) is 10.4. The predicted octanol–water partition coefficient (Wildman–Crippen LogP) is 6.51. The number of aromatic nitrogens is 5. The van der Waals surface area contributed by atoms with E-state index in [0.717, 1.165) is 11.8 Å². The van der Waals surface area contributed by atoms with E-state index in [1.807, 2.05) is 34.9 Å². The summed E-state index contributed by atoms with van der Waals surface area (Å²) < 4.78 is 88.1. The maximum atomic E-state index is 14.4. The first-order chi connectivity index (χ1) is 21.2. The van der Waals surface area contributed by atoms with Crippen molar-refractivity contribution in [2.75, 3.05) is 12.9 Å². The largest absolute Gasteiger partial charge is 0.493 e. The van der Waals surface area contributed by atoms with Crippen LogP contribution in [0.15, 0.2) is 59.6 Å². The number of pyridine rings is 1. The maximum absolute atomic E-state index is 14.4. The van der Waals surface area contributed by atoms with E-state index >= 15 is 0 Å². The summed E-state index contributed by atoms with van der Waals surface area (Å²) in [5.74, 6) is -2.65. The van der Waals surface area contributed by atoms with Crippen LogP contribution in [0.1, 0.15) is 54.0 Å². The van der Waals surface area contributed by atoms with E-state index in [1.165, 1.54) is 10.7 Å². The number of hydrogen-bond acceptors (Lipinski definition) is 6. The molecular formula is C31H33F2N5O3S. The fraction of sp³-hybridized carbons (Fsp3) is 0.387. The van der Waals surface area contributed by atoms with Crippen molar-refractivity contribution in [3.05, 3.63) is 66.0 Å². The Kier molecular flexibility index (Phi) is 6.15. The molecule has 0 N–H and O–H groups in total. The summed E-state index contributed by atoms with van der Waals surface area (Å²) >= 11 is 0. The summed E-state index contributed by atoms with van der Waals surface area (Å²) in [6.45, 7) is -0.488. The minimum Gasteiger partial charge on any atom is -0.493 e. The van der Waals surface area contributed by atoms with Gasteiger partial charge in [0.15, 0.2) is 9.84 Å². The number of sulfone groups is 1. The second-order valence-corrected chi connectivity index (χ2v) is 13.0. The lowest BCUT2D eigenvalue weighted by Gasteiger charge is -2.35. The van der Waals surface area contributed by atoms with Crippen LogP contribution in [0.4, 0.5) is 8.78 Å². The molecule has 0 saturated heterocycles. The SMILES string of the molecule is [2H]C([2H])([2H])c1nnn(C)c1-c1cnc2c3c(OCC)cc(S(C)(=O)=O)cc3n([C@H](c3ccccc3)C3CCC(F)(F)CC3)c2c1. The van der Waals surface area contributed by atoms with Crippen molar-refractivity contribution in [2.45, 2.75) is 56.3 Å². The molecule has 42 heavy (non-hydrogen) atoms. The van der Waals surface area contributed by atoms with Gasteiger partial charge in [0.05, 0.1) is 50.9 Å². The zero-order valence-corrected chi connectivity index (χ0v) is 24.3. The third kappa shape index (κ3) is 4.93. The van der Waals surface area contributed by atoms with Gasteiger partial charge in [-0.25, -0.2) is 21.9 Å². The third-order valence-corrected chi connectivity index (χ3v) is 9.23. The van der Waals surface area contributed by atoms with E-state index in [9.17, 15) is 17.2 Å². The number of alkyl halides is 2. The summed E-state index contributed by atoms with van der Waals surface area (Å²) in [5, 5.41) is 8.46. The summed E-state index contributed by atoms with van der Waals surface area (Å²) in [4.78, 5) is 4.85. The monoisotopic (exact) mass is 596 g/mol. The first-order valence-corrected chi connectivity index (χ1v) is 15.7. The molecule has 1 atom stereocenters. The van der Waals surface area contributed by atoms with Crippen LogP contribution in [0, 0.1) is 12.8 Å². The normalized spacial score (nSPS) is 18.1. The average Bonchev–Trinajstić information content (AvgIpc) is 3.52. The number of rotatable bonds is 7. The van der Waals surface area contributed by atoms with Crippen LogP contribution in [0.25, 0.3) is 33.2 Å². The lowest BCUT2D eigenvalue weighted by molar-refractivity contribution is -0.0493. The highest BCUT2D eigenvalue weighted by molar-refractivity contribution is 7.90. The van der Waals surface area contributed by atoms with Crippen LogP contribution in [0.2, 0.25) is 0 Å². The molecule has 1 fully saturated rings. The molecule has 0 spiro atoms. The molecule has 0 radical (unpaired) electrons. The quantitative estimate of drug-likeness (QED) is 0.213. The molecule has 6 rings (SSSR count). The van der Waals surface area contributed by atoms with Gasteiger partial charge < -0.3 is 9.30 Å². The number of fused-ring (bicyclic) bond motifs is 3. The van der Waals surface area contributed by atoms with E-state index in [4.69, 9.17) is 13.8 Å². The molecule has 0 unspecified atom stereocenters. The van der Waals surface area contributed by atoms with Crippen molar-refractivity contribution in [1.29, 1.82) is 0 Å². The van der Waals surface area contributed by atoms with Crippen LogP contribution in [-0.4, -0.2) is 51.7 Å². The van der Waals surface area contributed by atoms with Crippen molar-refractivity contribution in [1.82, 2.24) is 24.5 Å². The summed E-state index contributed by atoms with van der Waals surface area (Å²) in [6.07, 6.45) is 2.64. The maximum Gasteiger partial charge on any atom is 0.248 e. The molecule has 220 valence electrons. The summed E-state index contributed by atoms with van der Waals surface area (Å²) in [6, 6.07) is 13.9. The first kappa shape index (κ1) is 24.7. The van der Waals surface area contributed by atoms with Gasteiger partial charge in [0.25, 0.3) is 0 Å². The Morgan fingerprint density at radius 2 is 1.88 bits per heavy atom. The van der Waals surface area contributed by atoms with Crippen LogP contribution >= 0.6 is 0 Å². The predicted molar refractivity (Wildman–Crippen MR) is 158 cm³/mol. The Bertz CT molecular complexity index is 2000. The van der Waals surface area contributed by atoms with Gasteiger partial charge in [0, 0.05) is 42.0 Å². The molecule has 0 amide bonds. The summed E-state index contributed by atoms with van der Waals surface area (Å²) in [5.41, 5.74) is 2.97. The van der Waals surface area contributed by atoms with E-state index in [2.05, 4.69) is 10.3 Å². The Balaban J connectivity index is 1.73. The number of ether oxygens (including phenoxy) is 1. The van der Waals surface area contributed by atoms with Gasteiger partial charge in [-0.05, 0) is 56.3 Å².